The van der Waals surface area contributed by atoms with E-state index in [9.17, 15) is 14.7 Å². The lowest BCUT2D eigenvalue weighted by Crippen LogP contribution is -2.40. The first-order chi connectivity index (χ1) is 22.1. The molecule has 11 heteroatoms. The Morgan fingerprint density at radius 1 is 1.07 bits per heavy atom. The lowest BCUT2D eigenvalue weighted by Gasteiger charge is -2.35. The standard InChI is InChI=1S/C35H42N6O5/c1-5-6-11-30-29(20-23-12-14-24(15-13-23)27-9-7-8-10-28(27)31-38-34(43)46-39-31)32(42)40(33-36-21-37-41(30)33)25-16-18-26(19-17-25)45-22(2)35(3,4)44/h7-10,12-15,21-22,25-26,44H,5-6,11,16-20H2,1-4H3,(H,38,39,43). The summed E-state index contributed by atoms with van der Waals surface area (Å²) in [6.45, 7) is 7.58. The largest absolute Gasteiger partial charge is 0.439 e. The number of nitrogens with zero attached hydrogens (tertiary/aromatic N) is 5. The van der Waals surface area contributed by atoms with Gasteiger partial charge in [-0.05, 0) is 76.0 Å². The predicted molar refractivity (Wildman–Crippen MR) is 175 cm³/mol. The summed E-state index contributed by atoms with van der Waals surface area (Å²) in [5, 5.41) is 18.8. The molecule has 0 aliphatic heterocycles. The molecule has 0 bridgehead atoms. The quantitative estimate of drug-likeness (QED) is 0.196. The van der Waals surface area contributed by atoms with Crippen molar-refractivity contribution in [2.75, 3.05) is 0 Å². The number of fused-ring (bicyclic) bond motifs is 1. The second-order valence-corrected chi connectivity index (χ2v) is 12.9. The number of rotatable bonds is 11. The monoisotopic (exact) mass is 626 g/mol. The number of hydrogen-bond donors (Lipinski definition) is 2. The number of nitrogens with one attached hydrogen (secondary N) is 1. The Kier molecular flexibility index (Phi) is 9.06. The van der Waals surface area contributed by atoms with Crippen LogP contribution in [-0.4, -0.2) is 52.2 Å². The van der Waals surface area contributed by atoms with E-state index in [1.165, 1.54) is 0 Å². The molecule has 1 atom stereocenters. The van der Waals surface area contributed by atoms with Crippen molar-refractivity contribution in [1.82, 2.24) is 29.3 Å². The molecule has 1 aliphatic rings. The third-order valence-electron chi connectivity index (χ3n) is 9.26. The molecule has 1 saturated carbocycles. The summed E-state index contributed by atoms with van der Waals surface area (Å²) in [7, 11) is 0. The highest BCUT2D eigenvalue weighted by Crippen LogP contribution is 2.33. The summed E-state index contributed by atoms with van der Waals surface area (Å²) >= 11 is 0. The molecule has 5 aromatic rings. The van der Waals surface area contributed by atoms with Crippen LogP contribution in [-0.2, 0) is 17.6 Å². The molecule has 6 rings (SSSR count). The van der Waals surface area contributed by atoms with Crippen LogP contribution in [0.25, 0.3) is 28.3 Å². The summed E-state index contributed by atoms with van der Waals surface area (Å²) < 4.78 is 14.7. The van der Waals surface area contributed by atoms with E-state index in [1.807, 2.05) is 64.5 Å². The molecule has 3 aromatic heterocycles. The van der Waals surface area contributed by atoms with Crippen molar-refractivity contribution < 1.29 is 14.4 Å². The lowest BCUT2D eigenvalue weighted by atomic mass is 9.91. The van der Waals surface area contributed by atoms with Gasteiger partial charge in [-0.25, -0.2) is 9.31 Å². The smallest absolute Gasteiger partial charge is 0.388 e. The van der Waals surface area contributed by atoms with Crippen molar-refractivity contribution in [3.63, 3.8) is 0 Å². The van der Waals surface area contributed by atoms with Crippen molar-refractivity contribution in [3.05, 3.63) is 92.6 Å². The summed E-state index contributed by atoms with van der Waals surface area (Å²) in [4.78, 5) is 33.2. The van der Waals surface area contributed by atoms with Crippen LogP contribution in [0.4, 0.5) is 0 Å². The minimum absolute atomic E-state index is 0.00904. The van der Waals surface area contributed by atoms with Crippen molar-refractivity contribution in [2.24, 2.45) is 0 Å². The fourth-order valence-electron chi connectivity index (χ4n) is 6.37. The Balaban J connectivity index is 1.31. The van der Waals surface area contributed by atoms with Gasteiger partial charge in [-0.2, -0.15) is 10.1 Å². The summed E-state index contributed by atoms with van der Waals surface area (Å²) in [6.07, 6.45) is 7.60. The zero-order valence-corrected chi connectivity index (χ0v) is 26.9. The zero-order chi connectivity index (χ0) is 32.4. The van der Waals surface area contributed by atoms with Gasteiger partial charge in [0.15, 0.2) is 5.82 Å². The van der Waals surface area contributed by atoms with E-state index < -0.39 is 11.4 Å². The summed E-state index contributed by atoms with van der Waals surface area (Å²) in [6, 6.07) is 15.8. The van der Waals surface area contributed by atoms with E-state index >= 15 is 0 Å². The average molecular weight is 627 g/mol. The van der Waals surface area contributed by atoms with E-state index in [0.717, 1.165) is 78.5 Å². The Bertz CT molecular complexity index is 1900. The van der Waals surface area contributed by atoms with Crippen LogP contribution in [0.3, 0.4) is 0 Å². The normalized spacial score (nSPS) is 17.8. The van der Waals surface area contributed by atoms with Gasteiger partial charge in [0.1, 0.15) is 6.33 Å². The number of H-pyrrole nitrogens is 1. The summed E-state index contributed by atoms with van der Waals surface area (Å²) in [5.74, 6) is 0.363. The van der Waals surface area contributed by atoms with E-state index in [1.54, 1.807) is 20.2 Å². The van der Waals surface area contributed by atoms with Crippen LogP contribution in [0.5, 0.6) is 0 Å². The lowest BCUT2D eigenvalue weighted by molar-refractivity contribution is -0.118. The third kappa shape index (κ3) is 6.47. The van der Waals surface area contributed by atoms with Crippen LogP contribution < -0.4 is 11.3 Å². The first-order valence-electron chi connectivity index (χ1n) is 16.2. The molecule has 3 heterocycles. The second kappa shape index (κ2) is 13.2. The number of benzene rings is 2. The van der Waals surface area contributed by atoms with Crippen LogP contribution in [0.1, 0.15) is 89.1 Å². The number of unbranched alkanes of at least 4 members (excludes halogenated alkanes) is 1. The maximum absolute atomic E-state index is 14.4. The van der Waals surface area contributed by atoms with E-state index in [0.29, 0.717) is 18.0 Å². The van der Waals surface area contributed by atoms with E-state index in [4.69, 9.17) is 9.26 Å². The molecule has 11 nitrogen and oxygen atoms in total. The van der Waals surface area contributed by atoms with E-state index in [-0.39, 0.29) is 23.8 Å². The molecule has 0 radical (unpaired) electrons. The Labute approximate surface area is 267 Å². The van der Waals surface area contributed by atoms with Gasteiger partial charge in [-0.3, -0.25) is 18.9 Å². The number of aliphatic hydroxyl groups is 1. The van der Waals surface area contributed by atoms with Crippen LogP contribution in [0, 0.1) is 0 Å². The Morgan fingerprint density at radius 3 is 2.43 bits per heavy atom. The van der Waals surface area contributed by atoms with E-state index in [2.05, 4.69) is 27.1 Å². The number of hydrogen-bond acceptors (Lipinski definition) is 8. The highest BCUT2D eigenvalue weighted by molar-refractivity contribution is 5.80. The molecule has 2 N–H and O–H groups in total. The minimum atomic E-state index is -0.913. The van der Waals surface area contributed by atoms with Gasteiger partial charge < -0.3 is 9.84 Å². The van der Waals surface area contributed by atoms with Gasteiger partial charge in [0.2, 0.25) is 5.78 Å². The van der Waals surface area contributed by atoms with Gasteiger partial charge in [0.25, 0.3) is 5.56 Å². The first kappa shape index (κ1) is 31.6. The fourth-order valence-corrected chi connectivity index (χ4v) is 6.37. The van der Waals surface area contributed by atoms with Crippen molar-refractivity contribution in [1.29, 1.82) is 0 Å². The van der Waals surface area contributed by atoms with Crippen molar-refractivity contribution >= 4 is 5.78 Å². The molecule has 1 unspecified atom stereocenters. The molecule has 46 heavy (non-hydrogen) atoms. The predicted octanol–water partition coefficient (Wildman–Crippen LogP) is 5.49. The minimum Gasteiger partial charge on any atom is -0.388 e. The molecular formula is C35H42N6O5. The van der Waals surface area contributed by atoms with Crippen molar-refractivity contribution in [2.45, 2.75) is 103 Å². The van der Waals surface area contributed by atoms with Gasteiger partial charge in [-0.1, -0.05) is 67.0 Å². The maximum Gasteiger partial charge on any atom is 0.439 e. The second-order valence-electron chi connectivity index (χ2n) is 12.9. The molecule has 1 aliphatic carbocycles. The number of ether oxygens (including phenoxy) is 1. The molecule has 0 spiro atoms. The highest BCUT2D eigenvalue weighted by atomic mass is 16.5. The molecule has 1 fully saturated rings. The number of aryl methyl sites for hydroxylation is 1. The number of aromatic nitrogens is 6. The Morgan fingerprint density at radius 2 is 1.78 bits per heavy atom. The SMILES string of the molecule is CCCCc1c(Cc2ccc(-c3ccccc3-c3noc(=O)[nH]3)cc2)c(=O)n(C2CCC(OC(C)C(C)(C)O)CC2)c2ncnn12. The fraction of sp³-hybridized carbons (Fsp3) is 0.457. The topological polar surface area (TPSA) is 141 Å². The van der Waals surface area contributed by atoms with Crippen LogP contribution in [0.15, 0.2) is 69.0 Å². The summed E-state index contributed by atoms with van der Waals surface area (Å²) in [5.41, 5.74) is 4.37. The number of aromatic amines is 1. The van der Waals surface area contributed by atoms with Gasteiger partial charge in [0.05, 0.1) is 23.5 Å². The molecule has 0 saturated heterocycles. The van der Waals surface area contributed by atoms with Gasteiger partial charge in [0, 0.05) is 23.6 Å². The van der Waals surface area contributed by atoms with Crippen molar-refractivity contribution in [3.8, 4) is 22.5 Å². The van der Waals surface area contributed by atoms with Gasteiger partial charge in [-0.15, -0.1) is 0 Å². The zero-order valence-electron chi connectivity index (χ0n) is 26.9. The van der Waals surface area contributed by atoms with Crippen LogP contribution >= 0.6 is 0 Å². The first-order valence-corrected chi connectivity index (χ1v) is 16.2. The molecule has 2 aromatic carbocycles. The van der Waals surface area contributed by atoms with Crippen LogP contribution in [0.2, 0.25) is 0 Å². The maximum atomic E-state index is 14.4. The molecule has 0 amide bonds. The molecule has 242 valence electrons. The van der Waals surface area contributed by atoms with Gasteiger partial charge >= 0.3 is 5.76 Å². The average Bonchev–Trinajstić information content (AvgIpc) is 3.71. The highest BCUT2D eigenvalue weighted by Gasteiger charge is 2.31. The molecular weight excluding hydrogens is 584 g/mol. The Hall–Kier alpha value is -4.35. The third-order valence-corrected chi connectivity index (χ3v) is 9.26.